The number of aromatic nitrogens is 3. The van der Waals surface area contributed by atoms with Crippen LogP contribution in [0.4, 0.5) is 0 Å². The summed E-state index contributed by atoms with van der Waals surface area (Å²) in [7, 11) is 0. The number of nitrogens with one attached hydrogen (secondary N) is 1. The molecule has 0 saturated heterocycles. The number of aryl methyl sites for hydroxylation is 1. The lowest BCUT2D eigenvalue weighted by Gasteiger charge is -2.11. The second-order valence-electron chi connectivity index (χ2n) is 7.97. The zero-order valence-corrected chi connectivity index (χ0v) is 17.2. The average molecular weight is 396 g/mol. The number of hydrogen-bond donors (Lipinski definition) is 1. The minimum Gasteiger partial charge on any atom is -0.348 e. The fourth-order valence-corrected chi connectivity index (χ4v) is 3.99. The lowest BCUT2D eigenvalue weighted by atomic mass is 10.0. The zero-order valence-electron chi connectivity index (χ0n) is 17.2. The van der Waals surface area contributed by atoms with Crippen LogP contribution < -0.4 is 5.32 Å². The van der Waals surface area contributed by atoms with Crippen molar-refractivity contribution in [2.24, 2.45) is 0 Å². The van der Waals surface area contributed by atoms with Crippen LogP contribution in [0.2, 0.25) is 0 Å². The maximum Gasteiger partial charge on any atom is 0.252 e. The summed E-state index contributed by atoms with van der Waals surface area (Å²) in [5.74, 6) is 0.427. The Kier molecular flexibility index (Phi) is 4.58. The molecule has 0 bridgehead atoms. The van der Waals surface area contributed by atoms with Crippen LogP contribution in [0.15, 0.2) is 60.7 Å². The van der Waals surface area contributed by atoms with E-state index in [0.29, 0.717) is 18.0 Å². The Morgan fingerprint density at radius 1 is 1.07 bits per heavy atom. The van der Waals surface area contributed by atoms with E-state index in [1.165, 1.54) is 0 Å². The largest absolute Gasteiger partial charge is 0.348 e. The molecule has 4 aromatic rings. The van der Waals surface area contributed by atoms with Crippen molar-refractivity contribution < 1.29 is 4.79 Å². The third-order valence-corrected chi connectivity index (χ3v) is 5.84. The van der Waals surface area contributed by atoms with E-state index in [1.807, 2.05) is 79.2 Å². The predicted molar refractivity (Wildman–Crippen MR) is 118 cm³/mol. The first-order valence-electron chi connectivity index (χ1n) is 10.4. The number of rotatable bonds is 5. The van der Waals surface area contributed by atoms with Crippen LogP contribution in [0, 0.1) is 13.8 Å². The fraction of sp³-hybridized carbons (Fsp3) is 0.240. The summed E-state index contributed by atoms with van der Waals surface area (Å²) in [4.78, 5) is 17.9. The highest BCUT2D eigenvalue weighted by atomic mass is 16.1. The number of carbonyl (C=O) groups excluding carboxylic acids is 1. The smallest absolute Gasteiger partial charge is 0.252 e. The van der Waals surface area contributed by atoms with Crippen molar-refractivity contribution >= 4 is 16.8 Å². The summed E-state index contributed by atoms with van der Waals surface area (Å²) in [6, 6.07) is 19.9. The van der Waals surface area contributed by atoms with Crippen LogP contribution in [-0.2, 0) is 6.54 Å². The van der Waals surface area contributed by atoms with Gasteiger partial charge in [-0.25, -0.2) is 4.68 Å². The summed E-state index contributed by atoms with van der Waals surface area (Å²) < 4.78 is 1.93. The molecule has 5 rings (SSSR count). The summed E-state index contributed by atoms with van der Waals surface area (Å²) in [6.45, 7) is 4.47. The predicted octanol–water partition coefficient (Wildman–Crippen LogP) is 4.84. The van der Waals surface area contributed by atoms with E-state index in [-0.39, 0.29) is 5.91 Å². The summed E-state index contributed by atoms with van der Waals surface area (Å²) in [6.07, 6.45) is 2.31. The number of amides is 1. The Balaban J connectivity index is 1.43. The molecule has 1 aliphatic rings. The monoisotopic (exact) mass is 396 g/mol. The molecular weight excluding hydrogens is 372 g/mol. The molecule has 150 valence electrons. The molecular formula is C25H24N4O. The number of para-hydroxylation sites is 2. The number of hydrogen-bond acceptors (Lipinski definition) is 3. The molecule has 1 amide bonds. The normalized spacial score (nSPS) is 13.5. The molecule has 0 aliphatic heterocycles. The molecule has 1 fully saturated rings. The molecule has 0 atom stereocenters. The van der Waals surface area contributed by atoms with Gasteiger partial charge in [-0.3, -0.25) is 9.78 Å². The van der Waals surface area contributed by atoms with E-state index >= 15 is 0 Å². The van der Waals surface area contributed by atoms with Gasteiger partial charge in [0, 0.05) is 34.8 Å². The van der Waals surface area contributed by atoms with Crippen molar-refractivity contribution in [2.45, 2.75) is 39.2 Å². The topological polar surface area (TPSA) is 59.8 Å². The zero-order chi connectivity index (χ0) is 20.7. The van der Waals surface area contributed by atoms with Crippen molar-refractivity contribution in [1.29, 1.82) is 0 Å². The Morgan fingerprint density at radius 2 is 1.80 bits per heavy atom. The highest BCUT2D eigenvalue weighted by molar-refractivity contribution is 6.06. The van der Waals surface area contributed by atoms with Crippen LogP contribution in [0.1, 0.15) is 51.8 Å². The van der Waals surface area contributed by atoms with E-state index in [2.05, 4.69) is 10.4 Å². The van der Waals surface area contributed by atoms with E-state index in [0.717, 1.165) is 52.1 Å². The Bertz CT molecular complexity index is 1240. The van der Waals surface area contributed by atoms with Crippen LogP contribution in [-0.4, -0.2) is 20.7 Å². The second kappa shape index (κ2) is 7.41. The van der Waals surface area contributed by atoms with Crippen LogP contribution >= 0.6 is 0 Å². The van der Waals surface area contributed by atoms with E-state index in [9.17, 15) is 4.79 Å². The molecule has 0 unspecified atom stereocenters. The van der Waals surface area contributed by atoms with Gasteiger partial charge in [0.1, 0.15) is 0 Å². The Hall–Kier alpha value is -3.47. The molecule has 30 heavy (non-hydrogen) atoms. The number of fused-ring (bicyclic) bond motifs is 1. The number of benzene rings is 2. The molecule has 1 saturated carbocycles. The lowest BCUT2D eigenvalue weighted by Crippen LogP contribution is -2.24. The van der Waals surface area contributed by atoms with Gasteiger partial charge >= 0.3 is 0 Å². The minimum absolute atomic E-state index is 0.0678. The number of nitrogens with zero attached hydrogens (tertiary/aromatic N) is 3. The highest BCUT2D eigenvalue weighted by Crippen LogP contribution is 2.40. The molecule has 5 nitrogen and oxygen atoms in total. The maximum absolute atomic E-state index is 13.2. The van der Waals surface area contributed by atoms with Gasteiger partial charge in [0.25, 0.3) is 5.91 Å². The molecule has 2 heterocycles. The Labute approximate surface area is 175 Å². The van der Waals surface area contributed by atoms with Gasteiger partial charge in [0.2, 0.25) is 0 Å². The standard InChI is InChI=1S/C25H24N4O/c1-16-22(17(2)29(28-16)19-8-4-3-5-9-19)15-26-25(30)21-14-24(18-12-13-18)27-23-11-7-6-10-20(21)23/h3-11,14,18H,12-13,15H2,1-2H3,(H,26,30). The molecule has 2 aromatic carbocycles. The summed E-state index contributed by atoms with van der Waals surface area (Å²) in [5, 5.41) is 8.70. The van der Waals surface area contributed by atoms with E-state index in [1.54, 1.807) is 0 Å². The van der Waals surface area contributed by atoms with Gasteiger partial charge in [0.15, 0.2) is 0 Å². The maximum atomic E-state index is 13.2. The summed E-state index contributed by atoms with van der Waals surface area (Å²) >= 11 is 0. The first-order chi connectivity index (χ1) is 14.6. The third kappa shape index (κ3) is 3.36. The SMILES string of the molecule is Cc1nn(-c2ccccc2)c(C)c1CNC(=O)c1cc(C2CC2)nc2ccccc12. The van der Waals surface area contributed by atoms with Crippen LogP contribution in [0.5, 0.6) is 0 Å². The second-order valence-corrected chi connectivity index (χ2v) is 7.97. The van der Waals surface area contributed by atoms with Gasteiger partial charge < -0.3 is 5.32 Å². The van der Waals surface area contributed by atoms with Crippen LogP contribution in [0.3, 0.4) is 0 Å². The average Bonchev–Trinajstić information content (AvgIpc) is 3.58. The van der Waals surface area contributed by atoms with Crippen molar-refractivity contribution in [3.05, 3.63) is 88.9 Å². The lowest BCUT2D eigenvalue weighted by molar-refractivity contribution is 0.0952. The summed E-state index contributed by atoms with van der Waals surface area (Å²) in [5.41, 5.74) is 6.65. The van der Waals surface area contributed by atoms with Crippen molar-refractivity contribution in [2.75, 3.05) is 0 Å². The number of pyridine rings is 1. The number of carbonyl (C=O) groups is 1. The van der Waals surface area contributed by atoms with Crippen molar-refractivity contribution in [1.82, 2.24) is 20.1 Å². The van der Waals surface area contributed by atoms with Gasteiger partial charge in [-0.05, 0) is 51.0 Å². The first-order valence-corrected chi connectivity index (χ1v) is 10.4. The molecule has 1 N–H and O–H groups in total. The molecule has 1 aliphatic carbocycles. The third-order valence-electron chi connectivity index (χ3n) is 5.84. The van der Waals surface area contributed by atoms with Gasteiger partial charge in [-0.1, -0.05) is 36.4 Å². The van der Waals surface area contributed by atoms with Gasteiger partial charge in [-0.15, -0.1) is 0 Å². The van der Waals surface area contributed by atoms with Crippen molar-refractivity contribution in [3.63, 3.8) is 0 Å². The van der Waals surface area contributed by atoms with Gasteiger partial charge in [0.05, 0.1) is 22.5 Å². The highest BCUT2D eigenvalue weighted by Gasteiger charge is 2.27. The molecule has 5 heteroatoms. The Morgan fingerprint density at radius 3 is 2.57 bits per heavy atom. The quantitative estimate of drug-likeness (QED) is 0.525. The fourth-order valence-electron chi connectivity index (χ4n) is 3.99. The minimum atomic E-state index is -0.0678. The van der Waals surface area contributed by atoms with E-state index in [4.69, 9.17) is 4.98 Å². The van der Waals surface area contributed by atoms with Crippen LogP contribution in [0.25, 0.3) is 16.6 Å². The molecule has 2 aromatic heterocycles. The molecule has 0 radical (unpaired) electrons. The first kappa shape index (κ1) is 18.6. The van der Waals surface area contributed by atoms with Crippen molar-refractivity contribution in [3.8, 4) is 5.69 Å². The molecule has 0 spiro atoms. The van der Waals surface area contributed by atoms with Gasteiger partial charge in [-0.2, -0.15) is 5.10 Å². The van der Waals surface area contributed by atoms with E-state index < -0.39 is 0 Å².